The molecule has 1 heterocycles. The average molecular weight is 229 g/mol. The minimum Gasteiger partial charge on any atom is -0.369 e. The Hall–Kier alpha value is -1.64. The molecule has 0 spiro atoms. The third-order valence-corrected chi connectivity index (χ3v) is 2.68. The topological polar surface area (TPSA) is 37.8 Å². The standard InChI is InChI=1S/C14H19N3/c1-4-9-15-14-11-7-5-6-8-12(11)16-13(17-14)10(2)3/h5-8,10H,4,9H2,1-3H3,(H,15,16,17). The molecule has 0 aliphatic rings. The number of hydrogen-bond donors (Lipinski definition) is 1. The molecule has 0 fully saturated rings. The Morgan fingerprint density at radius 3 is 2.65 bits per heavy atom. The summed E-state index contributed by atoms with van der Waals surface area (Å²) in [5.41, 5.74) is 1.02. The van der Waals surface area contributed by atoms with Gasteiger partial charge in [0.1, 0.15) is 11.6 Å². The molecule has 2 rings (SSSR count). The number of aromatic nitrogens is 2. The summed E-state index contributed by atoms with van der Waals surface area (Å²) in [6.07, 6.45) is 1.09. The Morgan fingerprint density at radius 2 is 1.94 bits per heavy atom. The number of hydrogen-bond acceptors (Lipinski definition) is 3. The Bertz CT molecular complexity index is 506. The molecule has 0 amide bonds. The second-order valence-electron chi connectivity index (χ2n) is 4.53. The van der Waals surface area contributed by atoms with Gasteiger partial charge in [-0.25, -0.2) is 9.97 Å². The molecular formula is C14H19N3. The number of benzene rings is 1. The predicted octanol–water partition coefficient (Wildman–Crippen LogP) is 3.58. The number of nitrogens with zero attached hydrogens (tertiary/aromatic N) is 2. The highest BCUT2D eigenvalue weighted by Gasteiger charge is 2.09. The molecule has 0 atom stereocenters. The van der Waals surface area contributed by atoms with Crippen LogP contribution in [0.15, 0.2) is 24.3 Å². The summed E-state index contributed by atoms with van der Waals surface area (Å²) >= 11 is 0. The highest BCUT2D eigenvalue weighted by Crippen LogP contribution is 2.22. The predicted molar refractivity (Wildman–Crippen MR) is 72.4 cm³/mol. The van der Waals surface area contributed by atoms with Crippen molar-refractivity contribution < 1.29 is 0 Å². The molecule has 0 saturated heterocycles. The fourth-order valence-electron chi connectivity index (χ4n) is 1.73. The number of nitrogens with one attached hydrogen (secondary N) is 1. The molecule has 1 aromatic heterocycles. The van der Waals surface area contributed by atoms with Gasteiger partial charge >= 0.3 is 0 Å². The second-order valence-corrected chi connectivity index (χ2v) is 4.53. The van der Waals surface area contributed by atoms with Gasteiger partial charge in [-0.15, -0.1) is 0 Å². The molecule has 2 aromatic rings. The molecule has 1 aromatic carbocycles. The highest BCUT2D eigenvalue weighted by atomic mass is 15.0. The lowest BCUT2D eigenvalue weighted by atomic mass is 10.1. The van der Waals surface area contributed by atoms with Crippen LogP contribution in [0.2, 0.25) is 0 Å². The van der Waals surface area contributed by atoms with Crippen LogP contribution in [0, 0.1) is 0 Å². The fraction of sp³-hybridized carbons (Fsp3) is 0.429. The molecule has 17 heavy (non-hydrogen) atoms. The lowest BCUT2D eigenvalue weighted by molar-refractivity contribution is 0.782. The Kier molecular flexibility index (Phi) is 3.57. The zero-order chi connectivity index (χ0) is 12.3. The van der Waals surface area contributed by atoms with Crippen LogP contribution in [-0.4, -0.2) is 16.5 Å². The quantitative estimate of drug-likeness (QED) is 0.870. The van der Waals surface area contributed by atoms with E-state index >= 15 is 0 Å². The van der Waals surface area contributed by atoms with E-state index in [1.807, 2.05) is 18.2 Å². The second kappa shape index (κ2) is 5.13. The number of fused-ring (bicyclic) bond motifs is 1. The molecule has 1 N–H and O–H groups in total. The summed E-state index contributed by atoms with van der Waals surface area (Å²) in [4.78, 5) is 9.21. The zero-order valence-electron chi connectivity index (χ0n) is 10.7. The van der Waals surface area contributed by atoms with E-state index in [2.05, 4.69) is 42.1 Å². The van der Waals surface area contributed by atoms with E-state index in [9.17, 15) is 0 Å². The minimum atomic E-state index is 0.349. The lowest BCUT2D eigenvalue weighted by Gasteiger charge is -2.11. The highest BCUT2D eigenvalue weighted by molar-refractivity contribution is 5.88. The first-order valence-electron chi connectivity index (χ1n) is 6.23. The summed E-state index contributed by atoms with van der Waals surface area (Å²) in [6.45, 7) is 7.33. The summed E-state index contributed by atoms with van der Waals surface area (Å²) in [7, 11) is 0. The van der Waals surface area contributed by atoms with E-state index in [0.29, 0.717) is 5.92 Å². The van der Waals surface area contributed by atoms with Crippen LogP contribution in [0.25, 0.3) is 10.9 Å². The first-order valence-corrected chi connectivity index (χ1v) is 6.23. The molecule has 3 nitrogen and oxygen atoms in total. The number of para-hydroxylation sites is 1. The van der Waals surface area contributed by atoms with Gasteiger partial charge in [0.05, 0.1) is 5.52 Å². The minimum absolute atomic E-state index is 0.349. The molecule has 0 unspecified atom stereocenters. The third kappa shape index (κ3) is 2.54. The van der Waals surface area contributed by atoms with E-state index in [1.54, 1.807) is 0 Å². The van der Waals surface area contributed by atoms with Gasteiger partial charge in [0.2, 0.25) is 0 Å². The van der Waals surface area contributed by atoms with E-state index in [4.69, 9.17) is 0 Å². The lowest BCUT2D eigenvalue weighted by Crippen LogP contribution is -2.07. The van der Waals surface area contributed by atoms with Crippen LogP contribution in [0.4, 0.5) is 5.82 Å². The van der Waals surface area contributed by atoms with Crippen molar-refractivity contribution in [1.82, 2.24) is 9.97 Å². The van der Waals surface area contributed by atoms with E-state index < -0.39 is 0 Å². The smallest absolute Gasteiger partial charge is 0.137 e. The van der Waals surface area contributed by atoms with Gasteiger partial charge in [0.15, 0.2) is 0 Å². The van der Waals surface area contributed by atoms with Gasteiger partial charge in [-0.2, -0.15) is 0 Å². The molecule has 3 heteroatoms. The van der Waals surface area contributed by atoms with Crippen LogP contribution in [0.5, 0.6) is 0 Å². The van der Waals surface area contributed by atoms with Crippen LogP contribution >= 0.6 is 0 Å². The Labute approximate surface area is 102 Å². The summed E-state index contributed by atoms with van der Waals surface area (Å²) in [5, 5.41) is 4.48. The van der Waals surface area contributed by atoms with Crippen molar-refractivity contribution in [1.29, 1.82) is 0 Å². The van der Waals surface area contributed by atoms with Crippen LogP contribution in [0.3, 0.4) is 0 Å². The maximum atomic E-state index is 4.62. The van der Waals surface area contributed by atoms with E-state index in [1.165, 1.54) is 0 Å². The van der Waals surface area contributed by atoms with Crippen molar-refractivity contribution in [2.24, 2.45) is 0 Å². The SMILES string of the molecule is CCCNc1nc(C(C)C)nc2ccccc12. The molecule has 0 saturated carbocycles. The van der Waals surface area contributed by atoms with Crippen molar-refractivity contribution in [3.8, 4) is 0 Å². The molecular weight excluding hydrogens is 210 g/mol. The fourth-order valence-corrected chi connectivity index (χ4v) is 1.73. The maximum absolute atomic E-state index is 4.62. The largest absolute Gasteiger partial charge is 0.369 e. The zero-order valence-corrected chi connectivity index (χ0v) is 10.7. The normalized spacial score (nSPS) is 11.1. The van der Waals surface area contributed by atoms with Crippen molar-refractivity contribution in [3.05, 3.63) is 30.1 Å². The Morgan fingerprint density at radius 1 is 1.18 bits per heavy atom. The van der Waals surface area contributed by atoms with Crippen LogP contribution in [0.1, 0.15) is 38.9 Å². The molecule has 0 aliphatic heterocycles. The first kappa shape index (κ1) is 11.8. The summed E-state index contributed by atoms with van der Waals surface area (Å²) in [6, 6.07) is 8.15. The van der Waals surface area contributed by atoms with Gasteiger partial charge in [0.25, 0.3) is 0 Å². The molecule has 0 bridgehead atoms. The maximum Gasteiger partial charge on any atom is 0.137 e. The summed E-state index contributed by atoms with van der Waals surface area (Å²) < 4.78 is 0. The monoisotopic (exact) mass is 229 g/mol. The van der Waals surface area contributed by atoms with Gasteiger partial charge in [0, 0.05) is 17.8 Å². The van der Waals surface area contributed by atoms with Crippen molar-refractivity contribution in [2.75, 3.05) is 11.9 Å². The third-order valence-electron chi connectivity index (χ3n) is 2.68. The van der Waals surface area contributed by atoms with Gasteiger partial charge < -0.3 is 5.32 Å². The van der Waals surface area contributed by atoms with Crippen molar-refractivity contribution >= 4 is 16.7 Å². The first-order chi connectivity index (χ1) is 8.22. The van der Waals surface area contributed by atoms with Crippen LogP contribution < -0.4 is 5.32 Å². The van der Waals surface area contributed by atoms with Gasteiger partial charge in [-0.05, 0) is 18.6 Å². The number of anilines is 1. The van der Waals surface area contributed by atoms with Crippen molar-refractivity contribution in [3.63, 3.8) is 0 Å². The van der Waals surface area contributed by atoms with Gasteiger partial charge in [-0.1, -0.05) is 32.9 Å². The van der Waals surface area contributed by atoms with E-state index in [0.717, 1.165) is 35.5 Å². The van der Waals surface area contributed by atoms with Gasteiger partial charge in [-0.3, -0.25) is 0 Å². The van der Waals surface area contributed by atoms with E-state index in [-0.39, 0.29) is 0 Å². The number of rotatable bonds is 4. The molecule has 0 radical (unpaired) electrons. The summed E-state index contributed by atoms with van der Waals surface area (Å²) in [5.74, 6) is 2.21. The van der Waals surface area contributed by atoms with Crippen molar-refractivity contribution in [2.45, 2.75) is 33.1 Å². The molecule has 0 aliphatic carbocycles. The average Bonchev–Trinajstić information content (AvgIpc) is 2.35. The van der Waals surface area contributed by atoms with Crippen LogP contribution in [-0.2, 0) is 0 Å². The Balaban J connectivity index is 2.52. The molecule has 90 valence electrons.